The summed E-state index contributed by atoms with van der Waals surface area (Å²) in [5.41, 5.74) is 1.17. The van der Waals surface area contributed by atoms with Crippen LogP contribution in [0.5, 0.6) is 0 Å². The fourth-order valence-electron chi connectivity index (χ4n) is 2.86. The number of hydrogen-bond donors (Lipinski definition) is 1. The minimum atomic E-state index is -0.154. The van der Waals surface area contributed by atoms with Crippen LogP contribution in [0.15, 0.2) is 24.3 Å². The minimum absolute atomic E-state index is 0.154. The molecule has 0 bridgehead atoms. The molecule has 2 unspecified atom stereocenters. The predicted octanol–water partition coefficient (Wildman–Crippen LogP) is 4.27. The number of halogens is 1. The zero-order valence-corrected chi connectivity index (χ0v) is 11.3. The maximum atomic E-state index is 12.8. The smallest absolute Gasteiger partial charge is 0.123 e. The van der Waals surface area contributed by atoms with Crippen LogP contribution in [0.1, 0.15) is 51.0 Å². The Morgan fingerprint density at radius 2 is 1.89 bits per heavy atom. The topological polar surface area (TPSA) is 12.0 Å². The molecular formula is C16H24FN. The number of hydrogen-bond acceptors (Lipinski definition) is 1. The Balaban J connectivity index is 1.77. The Hall–Kier alpha value is -0.890. The molecule has 2 rings (SSSR count). The fraction of sp³-hybridized carbons (Fsp3) is 0.625. The Bertz CT molecular complexity index is 347. The molecule has 0 aliphatic heterocycles. The van der Waals surface area contributed by atoms with Gasteiger partial charge in [0.05, 0.1) is 0 Å². The second-order valence-electron chi connectivity index (χ2n) is 5.49. The van der Waals surface area contributed by atoms with Gasteiger partial charge in [-0.15, -0.1) is 0 Å². The van der Waals surface area contributed by atoms with E-state index in [2.05, 4.69) is 12.2 Å². The highest BCUT2D eigenvalue weighted by Crippen LogP contribution is 2.25. The monoisotopic (exact) mass is 249 g/mol. The highest BCUT2D eigenvalue weighted by molar-refractivity contribution is 5.15. The van der Waals surface area contributed by atoms with Crippen molar-refractivity contribution in [3.05, 3.63) is 35.6 Å². The molecule has 1 nitrogen and oxygen atoms in total. The Morgan fingerprint density at radius 3 is 2.61 bits per heavy atom. The van der Waals surface area contributed by atoms with Crippen molar-refractivity contribution in [1.82, 2.24) is 5.32 Å². The van der Waals surface area contributed by atoms with Crippen LogP contribution in [0.3, 0.4) is 0 Å². The van der Waals surface area contributed by atoms with Crippen LogP contribution in [-0.2, 0) is 6.54 Å². The van der Waals surface area contributed by atoms with Crippen LogP contribution in [-0.4, -0.2) is 6.04 Å². The lowest BCUT2D eigenvalue weighted by molar-refractivity contribution is 0.425. The third-order valence-electron chi connectivity index (χ3n) is 4.17. The maximum Gasteiger partial charge on any atom is 0.123 e. The highest BCUT2D eigenvalue weighted by atomic mass is 19.1. The van der Waals surface area contributed by atoms with E-state index >= 15 is 0 Å². The van der Waals surface area contributed by atoms with E-state index in [4.69, 9.17) is 0 Å². The van der Waals surface area contributed by atoms with E-state index in [0.29, 0.717) is 6.04 Å². The minimum Gasteiger partial charge on any atom is -0.310 e. The quantitative estimate of drug-likeness (QED) is 0.786. The van der Waals surface area contributed by atoms with E-state index < -0.39 is 0 Å². The van der Waals surface area contributed by atoms with Crippen molar-refractivity contribution in [1.29, 1.82) is 0 Å². The summed E-state index contributed by atoms with van der Waals surface area (Å²) >= 11 is 0. The summed E-state index contributed by atoms with van der Waals surface area (Å²) in [6, 6.07) is 7.46. The molecule has 0 spiro atoms. The summed E-state index contributed by atoms with van der Waals surface area (Å²) in [6.07, 6.45) is 8.00. The molecule has 2 atom stereocenters. The Labute approximate surface area is 110 Å². The lowest BCUT2D eigenvalue weighted by Crippen LogP contribution is -2.27. The molecule has 18 heavy (non-hydrogen) atoms. The van der Waals surface area contributed by atoms with Gasteiger partial charge in [0.1, 0.15) is 5.82 Å². The first-order valence-corrected chi connectivity index (χ1v) is 7.25. The van der Waals surface area contributed by atoms with E-state index in [-0.39, 0.29) is 5.82 Å². The zero-order valence-electron chi connectivity index (χ0n) is 11.3. The molecule has 1 aliphatic carbocycles. The summed E-state index contributed by atoms with van der Waals surface area (Å²) in [6.45, 7) is 3.17. The van der Waals surface area contributed by atoms with Crippen molar-refractivity contribution in [2.45, 2.75) is 58.0 Å². The summed E-state index contributed by atoms with van der Waals surface area (Å²) in [5, 5.41) is 3.62. The van der Waals surface area contributed by atoms with Gasteiger partial charge in [-0.1, -0.05) is 38.3 Å². The lowest BCUT2D eigenvalue weighted by Gasteiger charge is -2.16. The maximum absolute atomic E-state index is 12.8. The average molecular weight is 249 g/mol. The second kappa shape index (κ2) is 6.89. The molecule has 0 heterocycles. The van der Waals surface area contributed by atoms with Crippen LogP contribution in [0.4, 0.5) is 4.39 Å². The SMILES string of the molecule is CCC1CCCC(NCc2ccc(F)cc2)CC1. The summed E-state index contributed by atoms with van der Waals surface area (Å²) in [5.74, 6) is 0.779. The molecule has 1 aromatic rings. The van der Waals surface area contributed by atoms with Gasteiger partial charge in [-0.25, -0.2) is 4.39 Å². The first-order chi connectivity index (χ1) is 8.78. The van der Waals surface area contributed by atoms with E-state index in [1.807, 2.05) is 12.1 Å². The van der Waals surface area contributed by atoms with Crippen molar-refractivity contribution in [3.8, 4) is 0 Å². The van der Waals surface area contributed by atoms with E-state index in [9.17, 15) is 4.39 Å². The van der Waals surface area contributed by atoms with Crippen molar-refractivity contribution in [2.75, 3.05) is 0 Å². The molecule has 0 amide bonds. The molecule has 1 aliphatic rings. The van der Waals surface area contributed by atoms with Gasteiger partial charge in [-0.2, -0.15) is 0 Å². The largest absolute Gasteiger partial charge is 0.310 e. The van der Waals surface area contributed by atoms with Crippen LogP contribution in [0.2, 0.25) is 0 Å². The standard InChI is InChI=1S/C16H24FN/c1-2-13-4-3-5-16(11-8-13)18-12-14-6-9-15(17)10-7-14/h6-7,9-10,13,16,18H,2-5,8,11-12H2,1H3. The number of benzene rings is 1. The summed E-state index contributed by atoms with van der Waals surface area (Å²) in [4.78, 5) is 0. The van der Waals surface area contributed by atoms with Gasteiger partial charge in [0.25, 0.3) is 0 Å². The van der Waals surface area contributed by atoms with Crippen LogP contribution >= 0.6 is 0 Å². The first-order valence-electron chi connectivity index (χ1n) is 7.25. The molecule has 1 fully saturated rings. The Morgan fingerprint density at radius 1 is 1.11 bits per heavy atom. The first kappa shape index (κ1) is 13.5. The van der Waals surface area contributed by atoms with Crippen LogP contribution in [0, 0.1) is 11.7 Å². The molecule has 1 N–H and O–H groups in total. The molecule has 1 saturated carbocycles. The molecule has 0 saturated heterocycles. The van der Waals surface area contributed by atoms with Gasteiger partial charge in [0.15, 0.2) is 0 Å². The van der Waals surface area contributed by atoms with Gasteiger partial charge in [0, 0.05) is 12.6 Å². The van der Waals surface area contributed by atoms with Gasteiger partial charge in [0.2, 0.25) is 0 Å². The summed E-state index contributed by atoms with van der Waals surface area (Å²) in [7, 11) is 0. The zero-order chi connectivity index (χ0) is 12.8. The average Bonchev–Trinajstić information content (AvgIpc) is 2.63. The Kier molecular flexibility index (Phi) is 5.18. The lowest BCUT2D eigenvalue weighted by atomic mass is 9.98. The van der Waals surface area contributed by atoms with E-state index in [0.717, 1.165) is 12.5 Å². The third kappa shape index (κ3) is 4.09. The van der Waals surface area contributed by atoms with Crippen LogP contribution in [0.25, 0.3) is 0 Å². The third-order valence-corrected chi connectivity index (χ3v) is 4.17. The second-order valence-corrected chi connectivity index (χ2v) is 5.49. The summed E-state index contributed by atoms with van der Waals surface area (Å²) < 4.78 is 12.8. The van der Waals surface area contributed by atoms with Crippen molar-refractivity contribution >= 4 is 0 Å². The normalized spacial score (nSPS) is 24.8. The van der Waals surface area contributed by atoms with Crippen LogP contribution < -0.4 is 5.32 Å². The van der Waals surface area contributed by atoms with Gasteiger partial charge < -0.3 is 5.32 Å². The van der Waals surface area contributed by atoms with Gasteiger partial charge >= 0.3 is 0 Å². The van der Waals surface area contributed by atoms with Gasteiger partial charge in [-0.05, 0) is 42.9 Å². The van der Waals surface area contributed by atoms with E-state index in [1.165, 1.54) is 56.2 Å². The van der Waals surface area contributed by atoms with Crippen molar-refractivity contribution in [3.63, 3.8) is 0 Å². The van der Waals surface area contributed by atoms with E-state index in [1.54, 1.807) is 0 Å². The molecule has 2 heteroatoms. The van der Waals surface area contributed by atoms with Crippen molar-refractivity contribution < 1.29 is 4.39 Å². The molecule has 1 aromatic carbocycles. The molecule has 100 valence electrons. The predicted molar refractivity (Wildman–Crippen MR) is 73.9 cm³/mol. The van der Waals surface area contributed by atoms with Crippen molar-refractivity contribution in [2.24, 2.45) is 5.92 Å². The molecule has 0 aromatic heterocycles. The molecule has 0 radical (unpaired) electrons. The highest BCUT2D eigenvalue weighted by Gasteiger charge is 2.17. The van der Waals surface area contributed by atoms with Gasteiger partial charge in [-0.3, -0.25) is 0 Å². The number of nitrogens with one attached hydrogen (secondary N) is 1. The number of rotatable bonds is 4. The fourth-order valence-corrected chi connectivity index (χ4v) is 2.86. The molecular weight excluding hydrogens is 225 g/mol.